The summed E-state index contributed by atoms with van der Waals surface area (Å²) in [6, 6.07) is 5.50. The molecule has 0 aliphatic carbocycles. The molecule has 0 radical (unpaired) electrons. The monoisotopic (exact) mass is 536 g/mol. The fourth-order valence-electron chi connectivity index (χ4n) is 3.67. The Labute approximate surface area is 213 Å². The van der Waals surface area contributed by atoms with E-state index < -0.39 is 23.6 Å². The maximum atomic E-state index is 14.9. The van der Waals surface area contributed by atoms with Crippen LogP contribution < -0.4 is 10.6 Å². The topological polar surface area (TPSA) is 112 Å². The van der Waals surface area contributed by atoms with Crippen LogP contribution in [0.2, 0.25) is 4.34 Å². The average molecular weight is 537 g/mol. The number of carbonyl (C=O) groups is 3. The molecule has 1 aliphatic rings. The summed E-state index contributed by atoms with van der Waals surface area (Å²) in [5, 5.41) is 14.7. The highest BCUT2D eigenvalue weighted by Crippen LogP contribution is 2.28. The number of thiophene rings is 1. The van der Waals surface area contributed by atoms with Gasteiger partial charge < -0.3 is 15.7 Å². The lowest BCUT2D eigenvalue weighted by atomic mass is 10.1. The van der Waals surface area contributed by atoms with Crippen LogP contribution in [0.25, 0.3) is 0 Å². The van der Waals surface area contributed by atoms with E-state index in [1.165, 1.54) is 17.4 Å². The number of carboxylic acid groups (broad SMARTS) is 1. The molecule has 0 saturated heterocycles. The summed E-state index contributed by atoms with van der Waals surface area (Å²) in [5.74, 6) is -3.25. The predicted molar refractivity (Wildman–Crippen MR) is 133 cm³/mol. The van der Waals surface area contributed by atoms with E-state index in [9.17, 15) is 23.9 Å². The number of amides is 2. The zero-order valence-electron chi connectivity index (χ0n) is 18.9. The minimum Gasteiger partial charge on any atom is -0.478 e. The van der Waals surface area contributed by atoms with E-state index >= 15 is 0 Å². The van der Waals surface area contributed by atoms with E-state index in [0.29, 0.717) is 21.8 Å². The molecule has 2 amide bonds. The van der Waals surface area contributed by atoms with Gasteiger partial charge in [-0.25, -0.2) is 14.2 Å². The minimum atomic E-state index is -1.35. The van der Waals surface area contributed by atoms with Crippen molar-refractivity contribution in [1.82, 2.24) is 15.2 Å². The molecule has 0 atom stereocenters. The zero-order chi connectivity index (χ0) is 25.3. The first-order chi connectivity index (χ1) is 16.6. The molecule has 0 fully saturated rings. The van der Waals surface area contributed by atoms with Crippen LogP contribution in [-0.4, -0.2) is 45.4 Å². The SMILES string of the molecule is CC(C)N1CCc2nc(C(=O)Nc3cc(C(=O)O)cc(F)c3CNC(=O)c3ccc(Cl)s3)sc2C1. The number of carboxylic acids is 1. The van der Waals surface area contributed by atoms with Crippen molar-refractivity contribution in [2.75, 3.05) is 11.9 Å². The molecule has 0 bridgehead atoms. The lowest BCUT2D eigenvalue weighted by molar-refractivity contribution is 0.0695. The molecule has 4 rings (SSSR count). The average Bonchev–Trinajstić information content (AvgIpc) is 3.43. The molecule has 3 N–H and O–H groups in total. The van der Waals surface area contributed by atoms with Gasteiger partial charge in [-0.1, -0.05) is 11.6 Å². The van der Waals surface area contributed by atoms with Gasteiger partial charge in [-0.3, -0.25) is 14.5 Å². The molecule has 35 heavy (non-hydrogen) atoms. The highest BCUT2D eigenvalue weighted by molar-refractivity contribution is 7.18. The van der Waals surface area contributed by atoms with Crippen LogP contribution in [0.3, 0.4) is 0 Å². The molecule has 3 heterocycles. The number of nitrogens with zero attached hydrogens (tertiary/aromatic N) is 2. The summed E-state index contributed by atoms with van der Waals surface area (Å²) >= 11 is 8.20. The fraction of sp³-hybridized carbons (Fsp3) is 0.304. The highest BCUT2D eigenvalue weighted by Gasteiger charge is 2.25. The van der Waals surface area contributed by atoms with Crippen molar-refractivity contribution in [2.24, 2.45) is 0 Å². The molecule has 0 saturated carbocycles. The molecule has 2 aromatic heterocycles. The summed E-state index contributed by atoms with van der Waals surface area (Å²) < 4.78 is 15.3. The van der Waals surface area contributed by atoms with Crippen LogP contribution in [-0.2, 0) is 19.5 Å². The maximum absolute atomic E-state index is 14.9. The van der Waals surface area contributed by atoms with Gasteiger partial charge in [0.25, 0.3) is 11.8 Å². The van der Waals surface area contributed by atoms with Gasteiger partial charge in [0.15, 0.2) is 5.01 Å². The standard InChI is InChI=1S/C23H22ClFN4O4S2/c1-11(2)29-6-5-15-18(10-29)35-22(28-15)21(31)27-16-8-12(23(32)33)7-14(25)13(16)9-26-20(30)17-3-4-19(24)34-17/h3-4,7-8,11H,5-6,9-10H2,1-2H3,(H,26,30)(H,27,31)(H,32,33). The second-order valence-corrected chi connectivity index (χ2v) is 11.0. The van der Waals surface area contributed by atoms with Crippen LogP contribution in [0.4, 0.5) is 10.1 Å². The molecular weight excluding hydrogens is 515 g/mol. The van der Waals surface area contributed by atoms with Crippen molar-refractivity contribution in [3.63, 3.8) is 0 Å². The van der Waals surface area contributed by atoms with Crippen LogP contribution in [0.5, 0.6) is 0 Å². The van der Waals surface area contributed by atoms with Crippen LogP contribution in [0, 0.1) is 5.82 Å². The van der Waals surface area contributed by atoms with Gasteiger partial charge in [-0.05, 0) is 38.1 Å². The van der Waals surface area contributed by atoms with Gasteiger partial charge in [-0.2, -0.15) is 0 Å². The predicted octanol–water partition coefficient (Wildman–Crippen LogP) is 4.64. The summed E-state index contributed by atoms with van der Waals surface area (Å²) in [7, 11) is 0. The number of benzene rings is 1. The van der Waals surface area contributed by atoms with Crippen molar-refractivity contribution in [1.29, 1.82) is 0 Å². The van der Waals surface area contributed by atoms with Crippen molar-refractivity contribution >= 4 is 57.7 Å². The van der Waals surface area contributed by atoms with Gasteiger partial charge >= 0.3 is 5.97 Å². The number of carbonyl (C=O) groups excluding carboxylic acids is 2. The molecule has 12 heteroatoms. The number of fused-ring (bicyclic) bond motifs is 1. The Morgan fingerprint density at radius 1 is 1.23 bits per heavy atom. The first kappa shape index (κ1) is 25.2. The first-order valence-electron chi connectivity index (χ1n) is 10.8. The third-order valence-corrected chi connectivity index (χ3v) is 7.91. The molecular formula is C23H22ClFN4O4S2. The largest absolute Gasteiger partial charge is 0.478 e. The molecule has 1 aliphatic heterocycles. The Balaban J connectivity index is 1.56. The number of hydrogen-bond donors (Lipinski definition) is 3. The second-order valence-electron chi connectivity index (χ2n) is 8.23. The minimum absolute atomic E-state index is 0.0473. The van der Waals surface area contributed by atoms with Crippen LogP contribution in [0.15, 0.2) is 24.3 Å². The van der Waals surface area contributed by atoms with Gasteiger partial charge in [0, 0.05) is 48.2 Å². The Hall–Kier alpha value is -2.86. The van der Waals surface area contributed by atoms with Gasteiger partial charge in [0.05, 0.1) is 20.5 Å². The summed E-state index contributed by atoms with van der Waals surface area (Å²) in [5.41, 5.74) is 0.439. The number of aromatic carboxylic acids is 1. The van der Waals surface area contributed by atoms with E-state index in [2.05, 4.69) is 34.4 Å². The van der Waals surface area contributed by atoms with Crippen molar-refractivity contribution < 1.29 is 23.9 Å². The van der Waals surface area contributed by atoms with Crippen LogP contribution >= 0.6 is 34.3 Å². The molecule has 1 aromatic carbocycles. The van der Waals surface area contributed by atoms with E-state index in [1.54, 1.807) is 12.1 Å². The molecule has 3 aromatic rings. The lowest BCUT2D eigenvalue weighted by Crippen LogP contribution is -2.35. The smallest absolute Gasteiger partial charge is 0.335 e. The van der Waals surface area contributed by atoms with E-state index in [1.807, 2.05) is 0 Å². The number of halogens is 2. The molecule has 184 valence electrons. The Morgan fingerprint density at radius 3 is 2.66 bits per heavy atom. The Kier molecular flexibility index (Phi) is 7.50. The number of aromatic nitrogens is 1. The Bertz CT molecular complexity index is 1310. The molecule has 0 unspecified atom stereocenters. The van der Waals surface area contributed by atoms with E-state index in [4.69, 9.17) is 11.6 Å². The fourth-order valence-corrected chi connectivity index (χ4v) is 5.66. The number of rotatable bonds is 7. The first-order valence-corrected chi connectivity index (χ1v) is 12.8. The Morgan fingerprint density at radius 2 is 2.00 bits per heavy atom. The quantitative estimate of drug-likeness (QED) is 0.405. The summed E-state index contributed by atoms with van der Waals surface area (Å²) in [6.45, 7) is 5.49. The second kappa shape index (κ2) is 10.4. The molecule has 0 spiro atoms. The van der Waals surface area contributed by atoms with Gasteiger partial charge in [0.2, 0.25) is 0 Å². The van der Waals surface area contributed by atoms with E-state index in [0.717, 1.165) is 40.9 Å². The third kappa shape index (κ3) is 5.69. The number of thiazole rings is 1. The third-order valence-electron chi connectivity index (χ3n) is 5.60. The highest BCUT2D eigenvalue weighted by atomic mass is 35.5. The van der Waals surface area contributed by atoms with Crippen molar-refractivity contribution in [3.05, 3.63) is 66.0 Å². The number of anilines is 1. The normalized spacial score (nSPS) is 13.5. The van der Waals surface area contributed by atoms with Crippen molar-refractivity contribution in [2.45, 2.75) is 39.4 Å². The maximum Gasteiger partial charge on any atom is 0.335 e. The molecule has 8 nitrogen and oxygen atoms in total. The lowest BCUT2D eigenvalue weighted by Gasteiger charge is -2.29. The van der Waals surface area contributed by atoms with Gasteiger partial charge in [0.1, 0.15) is 5.82 Å². The number of hydrogen-bond acceptors (Lipinski definition) is 7. The van der Waals surface area contributed by atoms with Crippen LogP contribution in [0.1, 0.15) is 59.8 Å². The number of nitrogens with one attached hydrogen (secondary N) is 2. The zero-order valence-corrected chi connectivity index (χ0v) is 21.2. The summed E-state index contributed by atoms with van der Waals surface area (Å²) in [6.07, 6.45) is 0.727. The van der Waals surface area contributed by atoms with E-state index in [-0.39, 0.29) is 28.4 Å². The van der Waals surface area contributed by atoms with Crippen molar-refractivity contribution in [3.8, 4) is 0 Å². The summed E-state index contributed by atoms with van der Waals surface area (Å²) in [4.78, 5) is 44.9. The van der Waals surface area contributed by atoms with Gasteiger partial charge in [-0.15, -0.1) is 22.7 Å².